The molecule has 0 radical (unpaired) electrons. The minimum atomic E-state index is -0.392. The predicted octanol–water partition coefficient (Wildman–Crippen LogP) is 5.92. The molecule has 0 aliphatic carbocycles. The molecule has 1 heterocycles. The molecule has 0 saturated heterocycles. The summed E-state index contributed by atoms with van der Waals surface area (Å²) >= 11 is 12.4. The molecule has 0 aliphatic heterocycles. The molecule has 4 nitrogen and oxygen atoms in total. The van der Waals surface area contributed by atoms with Crippen molar-refractivity contribution in [3.05, 3.63) is 63.8 Å². The molecule has 6 heteroatoms. The normalized spacial score (nSPS) is 10.8. The Hall–Kier alpha value is -2.30. The van der Waals surface area contributed by atoms with Crippen molar-refractivity contribution in [1.82, 2.24) is 4.98 Å². The van der Waals surface area contributed by atoms with E-state index < -0.39 is 5.97 Å². The first-order valence-electron chi connectivity index (χ1n) is 8.59. The molecule has 0 amide bonds. The van der Waals surface area contributed by atoms with Crippen LogP contribution >= 0.6 is 23.2 Å². The van der Waals surface area contributed by atoms with Gasteiger partial charge in [0.05, 0.1) is 16.7 Å². The summed E-state index contributed by atoms with van der Waals surface area (Å²) in [5.41, 5.74) is 2.43. The number of benzene rings is 2. The average Bonchev–Trinajstić information content (AvgIpc) is 2.63. The van der Waals surface area contributed by atoms with Crippen LogP contribution in [0.5, 0.6) is 11.5 Å². The zero-order chi connectivity index (χ0) is 19.4. The highest BCUT2D eigenvalue weighted by molar-refractivity contribution is 6.39. The molecule has 0 fully saturated rings. The van der Waals surface area contributed by atoms with Gasteiger partial charge >= 0.3 is 5.97 Å². The van der Waals surface area contributed by atoms with Crippen LogP contribution in [0, 0.1) is 13.8 Å². The lowest BCUT2D eigenvalue weighted by Crippen LogP contribution is -2.11. The molecule has 3 rings (SSSR count). The molecule has 0 unspecified atom stereocenters. The second-order valence-corrected chi connectivity index (χ2v) is 7.07. The molecule has 3 aromatic rings. The number of pyridine rings is 1. The van der Waals surface area contributed by atoms with Gasteiger partial charge < -0.3 is 9.47 Å². The minimum absolute atomic E-state index is 0.206. The van der Waals surface area contributed by atoms with Crippen molar-refractivity contribution in [2.75, 3.05) is 6.61 Å². The second kappa shape index (κ2) is 8.59. The average molecular weight is 404 g/mol. The fourth-order valence-corrected chi connectivity index (χ4v) is 3.15. The summed E-state index contributed by atoms with van der Waals surface area (Å²) in [6.07, 6.45) is 0.737. The predicted molar refractivity (Wildman–Crippen MR) is 108 cm³/mol. The Kier molecular flexibility index (Phi) is 6.19. The molecule has 0 saturated carbocycles. The van der Waals surface area contributed by atoms with Crippen molar-refractivity contribution in [2.45, 2.75) is 26.7 Å². The number of carbonyl (C=O) groups excluding carboxylic acids is 1. The van der Waals surface area contributed by atoms with Crippen LogP contribution in [0.3, 0.4) is 0 Å². The van der Waals surface area contributed by atoms with Gasteiger partial charge in [-0.05, 0) is 50.6 Å². The van der Waals surface area contributed by atoms with E-state index in [1.807, 2.05) is 50.2 Å². The Balaban J connectivity index is 1.62. The van der Waals surface area contributed by atoms with Crippen molar-refractivity contribution < 1.29 is 14.3 Å². The largest absolute Gasteiger partial charge is 0.494 e. The van der Waals surface area contributed by atoms with Gasteiger partial charge in [-0.2, -0.15) is 0 Å². The van der Waals surface area contributed by atoms with E-state index in [1.165, 1.54) is 5.56 Å². The number of halogens is 2. The zero-order valence-electron chi connectivity index (χ0n) is 15.1. The van der Waals surface area contributed by atoms with Crippen molar-refractivity contribution in [2.24, 2.45) is 0 Å². The van der Waals surface area contributed by atoms with Gasteiger partial charge in [0.1, 0.15) is 11.3 Å². The van der Waals surface area contributed by atoms with E-state index in [4.69, 9.17) is 32.7 Å². The first-order chi connectivity index (χ1) is 12.9. The Morgan fingerprint density at radius 1 is 1.04 bits per heavy atom. The quantitative estimate of drug-likeness (QED) is 0.291. The number of fused-ring (bicyclic) bond motifs is 1. The van der Waals surface area contributed by atoms with Crippen molar-refractivity contribution in [3.8, 4) is 11.5 Å². The molecule has 0 N–H and O–H groups in total. The third-order valence-corrected chi connectivity index (χ3v) is 4.60. The maximum absolute atomic E-state index is 12.2. The van der Waals surface area contributed by atoms with Gasteiger partial charge in [0.25, 0.3) is 0 Å². The molecule has 0 bridgehead atoms. The van der Waals surface area contributed by atoms with Crippen LogP contribution in [0.1, 0.15) is 24.1 Å². The fraction of sp³-hybridized carbons (Fsp3) is 0.238. The second-order valence-electron chi connectivity index (χ2n) is 6.26. The molecular formula is C21H19Cl2NO3. The van der Waals surface area contributed by atoms with Gasteiger partial charge in [0.15, 0.2) is 5.75 Å². The Morgan fingerprint density at radius 2 is 1.78 bits per heavy atom. The smallest absolute Gasteiger partial charge is 0.311 e. The van der Waals surface area contributed by atoms with E-state index in [9.17, 15) is 4.79 Å². The van der Waals surface area contributed by atoms with E-state index in [1.54, 1.807) is 6.07 Å². The van der Waals surface area contributed by atoms with Crippen LogP contribution in [0.15, 0.2) is 42.5 Å². The summed E-state index contributed by atoms with van der Waals surface area (Å²) in [7, 11) is 0. The molecule has 1 aromatic heterocycles. The van der Waals surface area contributed by atoms with E-state index in [0.717, 1.165) is 11.4 Å². The zero-order valence-corrected chi connectivity index (χ0v) is 16.6. The van der Waals surface area contributed by atoms with Gasteiger partial charge in [-0.3, -0.25) is 4.79 Å². The summed E-state index contributed by atoms with van der Waals surface area (Å²) in [5, 5.41) is 1.42. The maximum atomic E-state index is 12.2. The molecule has 2 aromatic carbocycles. The maximum Gasteiger partial charge on any atom is 0.311 e. The Labute approximate surface area is 168 Å². The van der Waals surface area contributed by atoms with Gasteiger partial charge in [-0.25, -0.2) is 4.98 Å². The number of hydrogen-bond donors (Lipinski definition) is 0. The molecule has 0 spiro atoms. The number of nitrogens with zero attached hydrogens (tertiary/aromatic N) is 1. The highest BCUT2D eigenvalue weighted by atomic mass is 35.5. The Bertz CT molecular complexity index is 971. The highest BCUT2D eigenvalue weighted by Crippen LogP contribution is 2.37. The first-order valence-corrected chi connectivity index (χ1v) is 9.35. The topological polar surface area (TPSA) is 48.4 Å². The standard InChI is InChI=1S/C21H19Cl2NO3/c1-13-5-8-15(9-6-13)26-11-3-4-19(25)27-21-18(23)12-17(22)16-10-7-14(2)24-20(16)21/h5-10,12H,3-4,11H2,1-2H3. The molecule has 0 atom stereocenters. The number of hydrogen-bond acceptors (Lipinski definition) is 4. The number of carbonyl (C=O) groups is 1. The summed E-state index contributed by atoms with van der Waals surface area (Å²) in [5.74, 6) is 0.626. The van der Waals surface area contributed by atoms with Gasteiger partial charge in [-0.1, -0.05) is 40.9 Å². The first kappa shape index (κ1) is 19.5. The van der Waals surface area contributed by atoms with E-state index in [-0.39, 0.29) is 17.2 Å². The molecular weight excluding hydrogens is 385 g/mol. The summed E-state index contributed by atoms with van der Waals surface area (Å²) in [6, 6.07) is 13.0. The third-order valence-electron chi connectivity index (χ3n) is 4.01. The minimum Gasteiger partial charge on any atom is -0.494 e. The van der Waals surface area contributed by atoms with Gasteiger partial charge in [-0.15, -0.1) is 0 Å². The lowest BCUT2D eigenvalue weighted by molar-refractivity contribution is -0.134. The lowest BCUT2D eigenvalue weighted by atomic mass is 10.2. The number of aryl methyl sites for hydroxylation is 2. The van der Waals surface area contributed by atoms with Crippen molar-refractivity contribution >= 4 is 40.1 Å². The highest BCUT2D eigenvalue weighted by Gasteiger charge is 2.16. The van der Waals surface area contributed by atoms with E-state index in [0.29, 0.717) is 29.0 Å². The van der Waals surface area contributed by atoms with Gasteiger partial charge in [0.2, 0.25) is 0 Å². The lowest BCUT2D eigenvalue weighted by Gasteiger charge is -2.11. The summed E-state index contributed by atoms with van der Waals surface area (Å²) in [6.45, 7) is 4.29. The molecule has 0 aliphatic rings. The number of rotatable bonds is 6. The number of esters is 1. The Morgan fingerprint density at radius 3 is 2.52 bits per heavy atom. The molecule has 27 heavy (non-hydrogen) atoms. The number of aromatic nitrogens is 1. The SMILES string of the molecule is Cc1ccc(OCCCC(=O)Oc2c(Cl)cc(Cl)c3ccc(C)nc23)cc1. The summed E-state index contributed by atoms with van der Waals surface area (Å²) < 4.78 is 11.1. The summed E-state index contributed by atoms with van der Waals surface area (Å²) in [4.78, 5) is 16.7. The number of ether oxygens (including phenoxy) is 2. The van der Waals surface area contributed by atoms with Gasteiger partial charge in [0, 0.05) is 17.5 Å². The van der Waals surface area contributed by atoms with Crippen LogP contribution in [-0.4, -0.2) is 17.6 Å². The van der Waals surface area contributed by atoms with Crippen LogP contribution in [0.25, 0.3) is 10.9 Å². The molecule has 140 valence electrons. The van der Waals surface area contributed by atoms with Crippen LogP contribution in [0.4, 0.5) is 0 Å². The van der Waals surface area contributed by atoms with E-state index >= 15 is 0 Å². The van der Waals surface area contributed by atoms with Crippen molar-refractivity contribution in [1.29, 1.82) is 0 Å². The monoisotopic (exact) mass is 403 g/mol. The van der Waals surface area contributed by atoms with Crippen LogP contribution in [0.2, 0.25) is 10.0 Å². The third kappa shape index (κ3) is 4.90. The van der Waals surface area contributed by atoms with E-state index in [2.05, 4.69) is 4.98 Å². The van der Waals surface area contributed by atoms with Crippen molar-refractivity contribution in [3.63, 3.8) is 0 Å². The fourth-order valence-electron chi connectivity index (χ4n) is 2.59. The van der Waals surface area contributed by atoms with Crippen LogP contribution < -0.4 is 9.47 Å². The van der Waals surface area contributed by atoms with Crippen LogP contribution in [-0.2, 0) is 4.79 Å².